The number of quaternary nitrogens is 1. The maximum atomic E-state index is 9.04. The molecule has 1 rings (SSSR count). The van der Waals surface area contributed by atoms with Crippen LogP contribution in [0.1, 0.15) is 17.4 Å². The highest BCUT2D eigenvalue weighted by Crippen LogP contribution is 2.13. The van der Waals surface area contributed by atoms with E-state index in [9.17, 15) is 0 Å². The molecule has 0 saturated carbocycles. The van der Waals surface area contributed by atoms with Crippen LogP contribution in [0.4, 0.5) is 0 Å². The highest BCUT2D eigenvalue weighted by atomic mass is 32.1. The van der Waals surface area contributed by atoms with E-state index in [1.807, 2.05) is 6.92 Å². The summed E-state index contributed by atoms with van der Waals surface area (Å²) in [5.74, 6) is -4.01. The molecule has 4 N–H and O–H groups in total. The maximum absolute atomic E-state index is 9.04. The Hall–Kier alpha value is -1.44. The van der Waals surface area contributed by atoms with Gasteiger partial charge in [0.15, 0.2) is 5.97 Å². The van der Waals surface area contributed by atoms with Gasteiger partial charge in [-0.3, -0.25) is 0 Å². The highest BCUT2D eigenvalue weighted by molar-refractivity contribution is 7.10. The predicted molar refractivity (Wildman–Crippen MR) is 63.9 cm³/mol. The Morgan fingerprint density at radius 3 is 2.44 bits per heavy atom. The summed E-state index contributed by atoms with van der Waals surface area (Å²) in [7, 11) is 0. The Morgan fingerprint density at radius 1 is 1.56 bits per heavy atom. The number of hydrogen-bond acceptors (Lipinski definition) is 5. The monoisotopic (exact) mass is 275 g/mol. The Kier molecular flexibility index (Phi) is 7.93. The molecule has 7 heteroatoms. The van der Waals surface area contributed by atoms with Crippen LogP contribution in [0.25, 0.3) is 0 Å². The van der Waals surface area contributed by atoms with E-state index in [0.29, 0.717) is 0 Å². The normalized spacial score (nSPS) is 11.3. The van der Waals surface area contributed by atoms with E-state index in [0.717, 1.165) is 13.1 Å². The Morgan fingerprint density at radius 2 is 2.11 bits per heavy atom. The van der Waals surface area contributed by atoms with E-state index in [4.69, 9.17) is 24.9 Å². The van der Waals surface area contributed by atoms with Crippen molar-refractivity contribution in [3.05, 3.63) is 21.9 Å². The van der Waals surface area contributed by atoms with E-state index in [1.165, 1.54) is 10.4 Å². The zero-order valence-corrected chi connectivity index (χ0v) is 11.1. The number of aliphatic carboxylic acids is 2. The maximum Gasteiger partial charge on any atom is 0.351 e. The molecule has 18 heavy (non-hydrogen) atoms. The fourth-order valence-corrected chi connectivity index (χ4v) is 1.97. The number of hydrogen-bond donors (Lipinski definition) is 3. The predicted octanol–water partition coefficient (Wildman–Crippen LogP) is -1.68. The molecule has 0 aliphatic carbocycles. The van der Waals surface area contributed by atoms with E-state index < -0.39 is 11.9 Å². The summed E-state index contributed by atoms with van der Waals surface area (Å²) in [5.41, 5.74) is 1.36. The van der Waals surface area contributed by atoms with Gasteiger partial charge in [0.2, 0.25) is 0 Å². The molecule has 1 aromatic heterocycles. The van der Waals surface area contributed by atoms with Crippen LogP contribution in [0.15, 0.2) is 11.4 Å². The first-order valence-electron chi connectivity index (χ1n) is 5.31. The molecule has 0 saturated heterocycles. The Bertz CT molecular complexity index is 377. The number of carboxylic acids is 2. The van der Waals surface area contributed by atoms with Crippen LogP contribution in [-0.2, 0) is 16.1 Å². The zero-order chi connectivity index (χ0) is 14.1. The SMILES string of the molecule is Cc1ccsc1C[NH2+]CC(C)O.O=C([O-])C(=O)O. The van der Waals surface area contributed by atoms with Gasteiger partial charge in [0.25, 0.3) is 0 Å². The number of thiophene rings is 1. The van der Waals surface area contributed by atoms with Crippen molar-refractivity contribution in [2.24, 2.45) is 0 Å². The first-order valence-corrected chi connectivity index (χ1v) is 6.19. The molecule has 0 fully saturated rings. The first-order chi connectivity index (χ1) is 8.34. The van der Waals surface area contributed by atoms with Crippen LogP contribution in [-0.4, -0.2) is 34.8 Å². The van der Waals surface area contributed by atoms with Crippen LogP contribution in [0.2, 0.25) is 0 Å². The standard InChI is InChI=1S/C9H15NOS.C2H2O4/c1-7-3-4-12-9(7)6-10-5-8(2)11;3-1(4)2(5)6/h3-4,8,10-11H,5-6H2,1-2H3;(H,3,4)(H,5,6). The number of carbonyl (C=O) groups is 2. The molecule has 1 heterocycles. The van der Waals surface area contributed by atoms with Gasteiger partial charge in [0.1, 0.15) is 13.1 Å². The van der Waals surface area contributed by atoms with Gasteiger partial charge in [-0.15, -0.1) is 11.3 Å². The van der Waals surface area contributed by atoms with Crippen LogP contribution in [0.3, 0.4) is 0 Å². The number of nitrogens with two attached hydrogens (primary N) is 1. The lowest BCUT2D eigenvalue weighted by atomic mass is 10.3. The third-order valence-corrected chi connectivity index (χ3v) is 3.03. The van der Waals surface area contributed by atoms with E-state index in [2.05, 4.69) is 23.7 Å². The Balaban J connectivity index is 0.000000411. The third-order valence-electron chi connectivity index (χ3n) is 1.98. The van der Waals surface area contributed by atoms with Crippen molar-refractivity contribution in [3.63, 3.8) is 0 Å². The molecule has 0 radical (unpaired) electrons. The van der Waals surface area contributed by atoms with Crippen molar-refractivity contribution in [2.75, 3.05) is 6.54 Å². The van der Waals surface area contributed by atoms with Crippen molar-refractivity contribution in [2.45, 2.75) is 26.5 Å². The second-order valence-corrected chi connectivity index (χ2v) is 4.70. The summed E-state index contributed by atoms with van der Waals surface area (Å²) in [6.07, 6.45) is -0.203. The number of aliphatic hydroxyl groups is 1. The van der Waals surface area contributed by atoms with Crippen LogP contribution in [0.5, 0.6) is 0 Å². The van der Waals surface area contributed by atoms with Crippen LogP contribution >= 0.6 is 11.3 Å². The van der Waals surface area contributed by atoms with E-state index >= 15 is 0 Å². The van der Waals surface area contributed by atoms with Gasteiger partial charge >= 0.3 is 5.97 Å². The lowest BCUT2D eigenvalue weighted by Gasteiger charge is -2.02. The van der Waals surface area contributed by atoms with E-state index in [1.54, 1.807) is 11.3 Å². The van der Waals surface area contributed by atoms with Crippen molar-refractivity contribution in [1.82, 2.24) is 0 Å². The molecule has 0 spiro atoms. The third kappa shape index (κ3) is 7.77. The van der Waals surface area contributed by atoms with Gasteiger partial charge in [0.05, 0.1) is 11.0 Å². The summed E-state index contributed by atoms with van der Waals surface area (Å²) in [6.45, 7) is 5.73. The molecule has 6 nitrogen and oxygen atoms in total. The molecule has 0 bridgehead atoms. The number of carboxylic acid groups (broad SMARTS) is 2. The Labute approximate surface area is 109 Å². The van der Waals surface area contributed by atoms with E-state index in [-0.39, 0.29) is 6.10 Å². The number of rotatable bonds is 4. The van der Waals surface area contributed by atoms with Gasteiger partial charge in [0, 0.05) is 0 Å². The van der Waals surface area contributed by atoms with Gasteiger partial charge in [-0.1, -0.05) is 0 Å². The van der Waals surface area contributed by atoms with Gasteiger partial charge in [-0.05, 0) is 30.9 Å². The van der Waals surface area contributed by atoms with Crippen molar-refractivity contribution in [3.8, 4) is 0 Å². The second kappa shape index (κ2) is 8.62. The smallest absolute Gasteiger partial charge is 0.351 e. The average molecular weight is 275 g/mol. The summed E-state index contributed by atoms with van der Waals surface area (Å²) < 4.78 is 0. The molecule has 1 unspecified atom stereocenters. The molecule has 1 atom stereocenters. The minimum Gasteiger partial charge on any atom is -0.539 e. The zero-order valence-electron chi connectivity index (χ0n) is 10.3. The van der Waals surface area contributed by atoms with Crippen molar-refractivity contribution < 1.29 is 30.2 Å². The van der Waals surface area contributed by atoms with Gasteiger partial charge < -0.3 is 25.4 Å². The minimum absolute atomic E-state index is 0.203. The fourth-order valence-electron chi connectivity index (χ4n) is 1.07. The lowest BCUT2D eigenvalue weighted by Crippen LogP contribution is -2.84. The largest absolute Gasteiger partial charge is 0.539 e. The second-order valence-electron chi connectivity index (χ2n) is 3.70. The molecular formula is C11H17NO5S. The number of aliphatic hydroxyl groups excluding tert-OH is 1. The van der Waals surface area contributed by atoms with Crippen LogP contribution in [0, 0.1) is 6.92 Å². The van der Waals surface area contributed by atoms with Gasteiger partial charge in [-0.25, -0.2) is 4.79 Å². The molecular weight excluding hydrogens is 258 g/mol. The molecule has 0 amide bonds. The number of carbonyl (C=O) groups excluding carboxylic acids is 1. The summed E-state index contributed by atoms with van der Waals surface area (Å²) >= 11 is 1.79. The molecule has 1 aromatic rings. The molecule has 0 aliphatic heterocycles. The summed E-state index contributed by atoms with van der Waals surface area (Å²) in [5, 5.41) is 29.6. The van der Waals surface area contributed by atoms with Crippen molar-refractivity contribution in [1.29, 1.82) is 0 Å². The molecule has 102 valence electrons. The topological polar surface area (TPSA) is 114 Å². The number of aryl methyl sites for hydroxylation is 1. The average Bonchev–Trinajstić information content (AvgIpc) is 2.65. The minimum atomic E-state index is -2.07. The molecule has 0 aliphatic rings. The molecule has 0 aromatic carbocycles. The highest BCUT2D eigenvalue weighted by Gasteiger charge is 2.02. The summed E-state index contributed by atoms with van der Waals surface area (Å²) in [4.78, 5) is 19.4. The van der Waals surface area contributed by atoms with Crippen molar-refractivity contribution >= 4 is 23.3 Å². The summed E-state index contributed by atoms with van der Waals surface area (Å²) in [6, 6.07) is 2.14. The quantitative estimate of drug-likeness (QED) is 0.568. The van der Waals surface area contributed by atoms with Gasteiger partial charge in [-0.2, -0.15) is 0 Å². The lowest BCUT2D eigenvalue weighted by molar-refractivity contribution is -0.675. The first kappa shape index (κ1) is 16.6. The van der Waals surface area contributed by atoms with Crippen LogP contribution < -0.4 is 10.4 Å². The fraction of sp³-hybridized carbons (Fsp3) is 0.455.